The molecule has 0 radical (unpaired) electrons. The van der Waals surface area contributed by atoms with Crippen molar-refractivity contribution in [2.45, 2.75) is 26.8 Å². The number of nitrogens with one attached hydrogen (secondary N) is 3. The molecule has 0 bridgehead atoms. The van der Waals surface area contributed by atoms with Crippen LogP contribution in [0.25, 0.3) is 0 Å². The lowest BCUT2D eigenvalue weighted by atomic mass is 10.2. The van der Waals surface area contributed by atoms with E-state index in [9.17, 15) is 4.79 Å². The minimum atomic E-state index is -0.129. The Morgan fingerprint density at radius 2 is 1.93 bits per heavy atom. The Bertz CT molecular complexity index is 720. The molecule has 8 heteroatoms. The summed E-state index contributed by atoms with van der Waals surface area (Å²) in [5.74, 6) is 2.22. The number of ether oxygens (including phenoxy) is 1. The van der Waals surface area contributed by atoms with Crippen LogP contribution in [-0.2, 0) is 17.8 Å². The molecule has 7 nitrogen and oxygen atoms in total. The third-order valence-electron chi connectivity index (χ3n) is 3.65. The highest BCUT2D eigenvalue weighted by molar-refractivity contribution is 14.0. The van der Waals surface area contributed by atoms with E-state index in [0.29, 0.717) is 18.8 Å². The van der Waals surface area contributed by atoms with Crippen molar-refractivity contribution in [3.63, 3.8) is 0 Å². The fourth-order valence-corrected chi connectivity index (χ4v) is 2.40. The van der Waals surface area contributed by atoms with Crippen molar-refractivity contribution in [1.29, 1.82) is 0 Å². The van der Waals surface area contributed by atoms with Crippen molar-refractivity contribution >= 4 is 35.8 Å². The summed E-state index contributed by atoms with van der Waals surface area (Å²) in [5, 5.41) is 9.22. The second-order valence-corrected chi connectivity index (χ2v) is 5.84. The van der Waals surface area contributed by atoms with Gasteiger partial charge in [-0.3, -0.25) is 4.79 Å². The first-order chi connectivity index (χ1) is 13.2. The van der Waals surface area contributed by atoms with Crippen molar-refractivity contribution in [3.05, 3.63) is 54.0 Å². The number of aliphatic imine (C=N–C) groups is 1. The molecule has 2 rings (SSSR count). The highest BCUT2D eigenvalue weighted by Gasteiger charge is 2.03. The second kappa shape index (κ2) is 13.9. The van der Waals surface area contributed by atoms with E-state index in [-0.39, 0.29) is 36.5 Å². The number of rotatable bonds is 10. The third kappa shape index (κ3) is 9.12. The Balaban J connectivity index is 0.00000392. The number of amides is 1. The highest BCUT2D eigenvalue weighted by atomic mass is 127. The number of hydrogen-bond donors (Lipinski definition) is 3. The van der Waals surface area contributed by atoms with E-state index in [1.165, 1.54) is 0 Å². The summed E-state index contributed by atoms with van der Waals surface area (Å²) in [6.07, 6.45) is 2.47. The maximum Gasteiger partial charge on any atom is 0.257 e. The summed E-state index contributed by atoms with van der Waals surface area (Å²) >= 11 is 0. The normalized spacial score (nSPS) is 10.7. The van der Waals surface area contributed by atoms with Gasteiger partial charge in [-0.25, -0.2) is 4.99 Å². The molecule has 154 valence electrons. The van der Waals surface area contributed by atoms with Gasteiger partial charge in [-0.1, -0.05) is 12.1 Å². The number of furan rings is 1. The number of guanidine groups is 1. The molecule has 0 saturated heterocycles. The topological polar surface area (TPSA) is 87.9 Å². The quantitative estimate of drug-likeness (QED) is 0.265. The highest BCUT2D eigenvalue weighted by Crippen LogP contribution is 2.14. The molecule has 1 aromatic carbocycles. The largest absolute Gasteiger partial charge is 0.484 e. The molecular weight excluding hydrogens is 471 g/mol. The molecule has 0 atom stereocenters. The van der Waals surface area contributed by atoms with E-state index in [1.807, 2.05) is 50.2 Å². The molecule has 3 N–H and O–H groups in total. The zero-order chi connectivity index (χ0) is 19.3. The van der Waals surface area contributed by atoms with E-state index < -0.39 is 0 Å². The van der Waals surface area contributed by atoms with Crippen molar-refractivity contribution in [3.8, 4) is 5.75 Å². The summed E-state index contributed by atoms with van der Waals surface area (Å²) < 4.78 is 10.8. The molecule has 0 aliphatic rings. The van der Waals surface area contributed by atoms with Crippen LogP contribution in [0.5, 0.6) is 5.75 Å². The van der Waals surface area contributed by atoms with Crippen LogP contribution < -0.4 is 20.7 Å². The Kier molecular flexibility index (Phi) is 11.8. The number of halogens is 1. The molecule has 1 aromatic heterocycles. The van der Waals surface area contributed by atoms with E-state index in [0.717, 1.165) is 36.8 Å². The van der Waals surface area contributed by atoms with Gasteiger partial charge in [0.15, 0.2) is 12.6 Å². The molecule has 2 aromatic rings. The van der Waals surface area contributed by atoms with Gasteiger partial charge < -0.3 is 25.1 Å². The summed E-state index contributed by atoms with van der Waals surface area (Å²) in [7, 11) is 0. The molecule has 0 fully saturated rings. The van der Waals surface area contributed by atoms with Crippen LogP contribution in [-0.4, -0.2) is 38.1 Å². The fraction of sp³-hybridized carbons (Fsp3) is 0.400. The Hall–Kier alpha value is -2.23. The van der Waals surface area contributed by atoms with E-state index in [1.54, 1.807) is 6.26 Å². The lowest BCUT2D eigenvalue weighted by Gasteiger charge is -2.11. The van der Waals surface area contributed by atoms with Crippen molar-refractivity contribution in [2.75, 3.05) is 26.2 Å². The molecule has 0 aliphatic carbocycles. The standard InChI is InChI=1S/C20H28N4O3.HI/c1-3-21-19(25)15-27-18-8-5-7-16(13-18)14-24-20(22-4-2)23-11-10-17-9-6-12-26-17;/h5-9,12-13H,3-4,10-11,14-15H2,1-2H3,(H,21,25)(H2,22,23,24);1H. The smallest absolute Gasteiger partial charge is 0.257 e. The first-order valence-electron chi connectivity index (χ1n) is 9.24. The number of nitrogens with zero attached hydrogens (tertiary/aromatic N) is 1. The number of carbonyl (C=O) groups is 1. The summed E-state index contributed by atoms with van der Waals surface area (Å²) in [4.78, 5) is 16.1. The van der Waals surface area contributed by atoms with Gasteiger partial charge >= 0.3 is 0 Å². The predicted molar refractivity (Wildman–Crippen MR) is 121 cm³/mol. The van der Waals surface area contributed by atoms with E-state index in [4.69, 9.17) is 9.15 Å². The zero-order valence-corrected chi connectivity index (χ0v) is 18.7. The summed E-state index contributed by atoms with van der Waals surface area (Å²) in [6.45, 7) is 6.53. The fourth-order valence-electron chi connectivity index (χ4n) is 2.40. The van der Waals surface area contributed by atoms with Crippen molar-refractivity contribution < 1.29 is 13.9 Å². The van der Waals surface area contributed by atoms with Gasteiger partial charge in [-0.05, 0) is 43.7 Å². The van der Waals surface area contributed by atoms with Gasteiger partial charge in [-0.15, -0.1) is 24.0 Å². The average molecular weight is 500 g/mol. The minimum Gasteiger partial charge on any atom is -0.484 e. The second-order valence-electron chi connectivity index (χ2n) is 5.84. The number of benzene rings is 1. The molecule has 1 heterocycles. The Morgan fingerprint density at radius 1 is 1.11 bits per heavy atom. The van der Waals surface area contributed by atoms with Gasteiger partial charge in [-0.2, -0.15) is 0 Å². The van der Waals surface area contributed by atoms with Crippen LogP contribution in [0, 0.1) is 0 Å². The van der Waals surface area contributed by atoms with Crippen molar-refractivity contribution in [2.24, 2.45) is 4.99 Å². The SMILES string of the molecule is CCNC(=O)COc1cccc(CN=C(NCC)NCCc2ccco2)c1.I. The molecule has 0 saturated carbocycles. The number of carbonyl (C=O) groups excluding carboxylic acids is 1. The van der Waals surface area contributed by atoms with Gasteiger partial charge in [0.25, 0.3) is 5.91 Å². The monoisotopic (exact) mass is 500 g/mol. The molecule has 28 heavy (non-hydrogen) atoms. The number of likely N-dealkylation sites (N-methyl/N-ethyl adjacent to an activating group) is 1. The Labute approximate surface area is 183 Å². The predicted octanol–water partition coefficient (Wildman–Crippen LogP) is 2.71. The molecule has 0 unspecified atom stereocenters. The van der Waals surface area contributed by atoms with Gasteiger partial charge in [0, 0.05) is 26.1 Å². The van der Waals surface area contributed by atoms with Crippen LogP contribution in [0.15, 0.2) is 52.1 Å². The third-order valence-corrected chi connectivity index (χ3v) is 3.65. The van der Waals surface area contributed by atoms with E-state index >= 15 is 0 Å². The van der Waals surface area contributed by atoms with Crippen LogP contribution in [0.2, 0.25) is 0 Å². The Morgan fingerprint density at radius 3 is 2.64 bits per heavy atom. The molecule has 0 aliphatic heterocycles. The van der Waals surface area contributed by atoms with E-state index in [2.05, 4.69) is 20.9 Å². The molecular formula is C20H29IN4O3. The number of hydrogen-bond acceptors (Lipinski definition) is 4. The first kappa shape index (κ1) is 23.8. The lowest BCUT2D eigenvalue weighted by Crippen LogP contribution is -2.38. The van der Waals surface area contributed by atoms with Crippen LogP contribution in [0.1, 0.15) is 25.2 Å². The maximum atomic E-state index is 11.5. The molecule has 1 amide bonds. The lowest BCUT2D eigenvalue weighted by molar-refractivity contribution is -0.122. The van der Waals surface area contributed by atoms with Gasteiger partial charge in [0.1, 0.15) is 11.5 Å². The van der Waals surface area contributed by atoms with Crippen molar-refractivity contribution in [1.82, 2.24) is 16.0 Å². The average Bonchev–Trinajstić information content (AvgIpc) is 3.18. The molecule has 0 spiro atoms. The van der Waals surface area contributed by atoms with Gasteiger partial charge in [0.05, 0.1) is 12.8 Å². The minimum absolute atomic E-state index is 0. The van der Waals surface area contributed by atoms with Crippen LogP contribution in [0.3, 0.4) is 0 Å². The first-order valence-corrected chi connectivity index (χ1v) is 9.24. The maximum absolute atomic E-state index is 11.5. The van der Waals surface area contributed by atoms with Gasteiger partial charge in [0.2, 0.25) is 0 Å². The van der Waals surface area contributed by atoms with Crippen LogP contribution >= 0.6 is 24.0 Å². The zero-order valence-electron chi connectivity index (χ0n) is 16.4. The summed E-state index contributed by atoms with van der Waals surface area (Å²) in [5.41, 5.74) is 1.01. The van der Waals surface area contributed by atoms with Crippen LogP contribution in [0.4, 0.5) is 0 Å². The summed E-state index contributed by atoms with van der Waals surface area (Å²) in [6, 6.07) is 11.5.